The van der Waals surface area contributed by atoms with Gasteiger partial charge in [0.15, 0.2) is 0 Å². The Kier molecular flexibility index (Phi) is 4.26. The fraction of sp³-hybridized carbons (Fsp3) is 0.286. The van der Waals surface area contributed by atoms with Crippen LogP contribution < -0.4 is 5.73 Å². The molecule has 90 valence electrons. The summed E-state index contributed by atoms with van der Waals surface area (Å²) >= 11 is 3.58. The Hall–Kier alpha value is -0.770. The van der Waals surface area contributed by atoms with Crippen LogP contribution in [0.4, 0.5) is 0 Å². The number of hydrogen-bond acceptors (Lipinski definition) is 3. The molecule has 0 fully saturated rings. The Morgan fingerprint density at radius 1 is 1.29 bits per heavy atom. The van der Waals surface area contributed by atoms with E-state index >= 15 is 0 Å². The molecule has 0 amide bonds. The van der Waals surface area contributed by atoms with Crippen molar-refractivity contribution >= 4 is 23.1 Å². The number of nitrogens with two attached hydrogens (primary N) is 1. The monoisotopic (exact) mass is 263 g/mol. The fourth-order valence-corrected chi connectivity index (χ4v) is 3.74. The second kappa shape index (κ2) is 5.71. The molecule has 0 aliphatic heterocycles. The molecular formula is C14H17NS2. The van der Waals surface area contributed by atoms with Crippen molar-refractivity contribution in [2.45, 2.75) is 30.0 Å². The van der Waals surface area contributed by atoms with Crippen LogP contribution in [0.15, 0.2) is 46.0 Å². The molecule has 2 atom stereocenters. The fourth-order valence-electron chi connectivity index (χ4n) is 1.75. The van der Waals surface area contributed by atoms with Crippen molar-refractivity contribution in [1.82, 2.24) is 0 Å². The molecule has 0 saturated heterocycles. The lowest BCUT2D eigenvalue weighted by molar-refractivity contribution is 0.723. The van der Waals surface area contributed by atoms with Crippen molar-refractivity contribution < 1.29 is 0 Å². The number of rotatable bonds is 4. The van der Waals surface area contributed by atoms with Crippen LogP contribution in [0.5, 0.6) is 0 Å². The van der Waals surface area contributed by atoms with Gasteiger partial charge < -0.3 is 5.73 Å². The van der Waals surface area contributed by atoms with Crippen LogP contribution in [0.3, 0.4) is 0 Å². The molecule has 3 heteroatoms. The molecule has 2 aromatic rings. The molecule has 0 aliphatic carbocycles. The highest BCUT2D eigenvalue weighted by atomic mass is 32.2. The summed E-state index contributed by atoms with van der Waals surface area (Å²) in [6.45, 7) is 4.20. The second-order valence-electron chi connectivity index (χ2n) is 4.27. The SMILES string of the molecule is Cc1cccc(SC(c2ccsc2)C(C)N)c1. The first kappa shape index (κ1) is 12.7. The third-order valence-corrected chi connectivity index (χ3v) is 4.78. The maximum absolute atomic E-state index is 6.10. The third kappa shape index (κ3) is 3.35. The predicted octanol–water partition coefficient (Wildman–Crippen LogP) is 4.24. The zero-order valence-corrected chi connectivity index (χ0v) is 11.7. The van der Waals surface area contributed by atoms with Gasteiger partial charge in [0, 0.05) is 10.9 Å². The van der Waals surface area contributed by atoms with Gasteiger partial charge in [-0.2, -0.15) is 11.3 Å². The topological polar surface area (TPSA) is 26.0 Å². The summed E-state index contributed by atoms with van der Waals surface area (Å²) in [6, 6.07) is 10.9. The molecule has 1 nitrogen and oxygen atoms in total. The van der Waals surface area contributed by atoms with E-state index in [1.807, 2.05) is 11.8 Å². The van der Waals surface area contributed by atoms with E-state index in [4.69, 9.17) is 5.73 Å². The standard InChI is InChI=1S/C14H17NS2/c1-10-4-3-5-13(8-10)17-14(11(2)15)12-6-7-16-9-12/h3-9,11,14H,15H2,1-2H3. The lowest BCUT2D eigenvalue weighted by Crippen LogP contribution is -2.22. The van der Waals surface area contributed by atoms with Gasteiger partial charge in [-0.05, 0) is 48.4 Å². The van der Waals surface area contributed by atoms with E-state index in [2.05, 4.69) is 54.9 Å². The zero-order valence-electron chi connectivity index (χ0n) is 10.1. The van der Waals surface area contributed by atoms with Gasteiger partial charge in [0.05, 0.1) is 5.25 Å². The minimum absolute atomic E-state index is 0.148. The molecule has 0 bridgehead atoms. The van der Waals surface area contributed by atoms with Crippen LogP contribution in [0.25, 0.3) is 0 Å². The van der Waals surface area contributed by atoms with Crippen molar-refractivity contribution in [3.8, 4) is 0 Å². The number of thioether (sulfide) groups is 1. The number of benzene rings is 1. The highest BCUT2D eigenvalue weighted by molar-refractivity contribution is 7.99. The van der Waals surface area contributed by atoms with E-state index < -0.39 is 0 Å². The summed E-state index contributed by atoms with van der Waals surface area (Å²) < 4.78 is 0. The zero-order chi connectivity index (χ0) is 12.3. The van der Waals surface area contributed by atoms with Crippen LogP contribution >= 0.6 is 23.1 Å². The molecule has 0 radical (unpaired) electrons. The molecule has 0 saturated carbocycles. The molecule has 1 aromatic carbocycles. The third-order valence-electron chi connectivity index (χ3n) is 2.60. The minimum atomic E-state index is 0.148. The van der Waals surface area contributed by atoms with Gasteiger partial charge in [0.25, 0.3) is 0 Å². The molecule has 0 aliphatic rings. The molecule has 17 heavy (non-hydrogen) atoms. The van der Waals surface area contributed by atoms with E-state index in [0.717, 1.165) is 0 Å². The van der Waals surface area contributed by atoms with E-state index in [0.29, 0.717) is 5.25 Å². The highest BCUT2D eigenvalue weighted by Gasteiger charge is 2.17. The van der Waals surface area contributed by atoms with Crippen molar-refractivity contribution in [2.24, 2.45) is 5.73 Å². The van der Waals surface area contributed by atoms with Gasteiger partial charge in [0.1, 0.15) is 0 Å². The molecule has 1 heterocycles. The van der Waals surface area contributed by atoms with Crippen molar-refractivity contribution in [3.05, 3.63) is 52.2 Å². The van der Waals surface area contributed by atoms with Crippen LogP contribution in [0.2, 0.25) is 0 Å². The molecule has 1 aromatic heterocycles. The van der Waals surface area contributed by atoms with Gasteiger partial charge in [0.2, 0.25) is 0 Å². The number of thiophene rings is 1. The molecular weight excluding hydrogens is 246 g/mol. The van der Waals surface area contributed by atoms with E-state index in [-0.39, 0.29) is 6.04 Å². The average Bonchev–Trinajstić information content (AvgIpc) is 2.78. The smallest absolute Gasteiger partial charge is 0.0501 e. The van der Waals surface area contributed by atoms with Crippen molar-refractivity contribution in [1.29, 1.82) is 0 Å². The lowest BCUT2D eigenvalue weighted by atomic mass is 10.1. The highest BCUT2D eigenvalue weighted by Crippen LogP contribution is 2.38. The van der Waals surface area contributed by atoms with Gasteiger partial charge >= 0.3 is 0 Å². The second-order valence-corrected chi connectivity index (χ2v) is 6.27. The van der Waals surface area contributed by atoms with Crippen LogP contribution in [-0.2, 0) is 0 Å². The maximum atomic E-state index is 6.10. The van der Waals surface area contributed by atoms with Gasteiger partial charge in [-0.1, -0.05) is 17.7 Å². The van der Waals surface area contributed by atoms with E-state index in [1.165, 1.54) is 16.0 Å². The van der Waals surface area contributed by atoms with Gasteiger partial charge in [-0.3, -0.25) is 0 Å². The minimum Gasteiger partial charge on any atom is -0.327 e. The molecule has 2 unspecified atom stereocenters. The average molecular weight is 263 g/mol. The summed E-state index contributed by atoms with van der Waals surface area (Å²) in [5, 5.41) is 4.64. The largest absolute Gasteiger partial charge is 0.327 e. The Balaban J connectivity index is 2.19. The molecule has 0 spiro atoms. The lowest BCUT2D eigenvalue weighted by Gasteiger charge is -2.19. The van der Waals surface area contributed by atoms with E-state index in [1.54, 1.807) is 11.3 Å². The predicted molar refractivity (Wildman–Crippen MR) is 77.7 cm³/mol. The quantitative estimate of drug-likeness (QED) is 0.835. The number of aryl methyl sites for hydroxylation is 1. The maximum Gasteiger partial charge on any atom is 0.0501 e. The normalized spacial score (nSPS) is 14.5. The summed E-state index contributed by atoms with van der Waals surface area (Å²) in [7, 11) is 0. The van der Waals surface area contributed by atoms with Gasteiger partial charge in [-0.25, -0.2) is 0 Å². The summed E-state index contributed by atoms with van der Waals surface area (Å²) in [5.41, 5.74) is 8.72. The Labute approximate surface area is 111 Å². The van der Waals surface area contributed by atoms with E-state index in [9.17, 15) is 0 Å². The first-order chi connectivity index (χ1) is 8.16. The van der Waals surface area contributed by atoms with Crippen LogP contribution in [-0.4, -0.2) is 6.04 Å². The Bertz CT molecular complexity index is 463. The Morgan fingerprint density at radius 2 is 2.12 bits per heavy atom. The van der Waals surface area contributed by atoms with Crippen molar-refractivity contribution in [2.75, 3.05) is 0 Å². The first-order valence-electron chi connectivity index (χ1n) is 5.68. The summed E-state index contributed by atoms with van der Waals surface area (Å²) in [5.74, 6) is 0. The molecule has 2 N–H and O–H groups in total. The van der Waals surface area contributed by atoms with Crippen LogP contribution in [0.1, 0.15) is 23.3 Å². The number of hydrogen-bond donors (Lipinski definition) is 1. The Morgan fingerprint density at radius 3 is 2.71 bits per heavy atom. The summed E-state index contributed by atoms with van der Waals surface area (Å²) in [6.07, 6.45) is 0. The van der Waals surface area contributed by atoms with Crippen molar-refractivity contribution in [3.63, 3.8) is 0 Å². The molecule has 2 rings (SSSR count). The first-order valence-corrected chi connectivity index (χ1v) is 7.50. The van der Waals surface area contributed by atoms with Crippen LogP contribution in [0, 0.1) is 6.92 Å². The summed E-state index contributed by atoms with van der Waals surface area (Å²) in [4.78, 5) is 1.29. The van der Waals surface area contributed by atoms with Gasteiger partial charge in [-0.15, -0.1) is 11.8 Å².